The number of rotatable bonds is 3. The average Bonchev–Trinajstić information content (AvgIpc) is 2.86. The van der Waals surface area contributed by atoms with Crippen LogP contribution < -0.4 is 5.32 Å². The largest absolute Gasteiger partial charge is 0.382 e. The van der Waals surface area contributed by atoms with Gasteiger partial charge in [0.05, 0.1) is 5.52 Å². The Bertz CT molecular complexity index is 575. The molecule has 18 heavy (non-hydrogen) atoms. The predicted molar refractivity (Wildman–Crippen MR) is 77.1 cm³/mol. The Kier molecular flexibility index (Phi) is 2.94. The Morgan fingerprint density at radius 3 is 2.94 bits per heavy atom. The van der Waals surface area contributed by atoms with Crippen molar-refractivity contribution >= 4 is 16.6 Å². The highest BCUT2D eigenvalue weighted by Crippen LogP contribution is 2.34. The summed E-state index contributed by atoms with van der Waals surface area (Å²) in [7, 11) is 0. The number of aryl methyl sites for hydroxylation is 1. The molecular formula is C16H20N2. The molecule has 0 aliphatic heterocycles. The second-order valence-electron chi connectivity index (χ2n) is 5.24. The summed E-state index contributed by atoms with van der Waals surface area (Å²) in [6.45, 7) is 4.47. The molecule has 2 heteroatoms. The van der Waals surface area contributed by atoms with Crippen LogP contribution in [0.5, 0.6) is 0 Å². The third-order valence-corrected chi connectivity index (χ3v) is 3.92. The fraction of sp³-hybridized carbons (Fsp3) is 0.438. The number of fused-ring (bicyclic) bond motifs is 2. The number of nitrogens with zero attached hydrogens (tertiary/aromatic N) is 1. The summed E-state index contributed by atoms with van der Waals surface area (Å²) in [4.78, 5) is 4.81. The van der Waals surface area contributed by atoms with Crippen molar-refractivity contribution < 1.29 is 0 Å². The summed E-state index contributed by atoms with van der Waals surface area (Å²) in [5, 5.41) is 4.97. The molecule has 3 rings (SSSR count). The molecule has 1 atom stereocenters. The molecule has 0 amide bonds. The first-order chi connectivity index (χ1) is 8.79. The zero-order valence-corrected chi connectivity index (χ0v) is 11.2. The van der Waals surface area contributed by atoms with E-state index in [-0.39, 0.29) is 0 Å². The molecule has 94 valence electrons. The molecule has 0 bridgehead atoms. The van der Waals surface area contributed by atoms with E-state index in [0.29, 0.717) is 6.04 Å². The maximum atomic E-state index is 4.81. The zero-order chi connectivity index (χ0) is 12.5. The number of anilines is 1. The van der Waals surface area contributed by atoms with Crippen molar-refractivity contribution in [1.82, 2.24) is 4.98 Å². The molecule has 1 aliphatic carbocycles. The second kappa shape index (κ2) is 4.60. The molecular weight excluding hydrogens is 220 g/mol. The van der Waals surface area contributed by atoms with Gasteiger partial charge in [0, 0.05) is 22.8 Å². The minimum atomic E-state index is 0.514. The fourth-order valence-electron chi connectivity index (χ4n) is 2.72. The van der Waals surface area contributed by atoms with Crippen LogP contribution in [0.25, 0.3) is 10.9 Å². The Morgan fingerprint density at radius 1 is 1.28 bits per heavy atom. The quantitative estimate of drug-likeness (QED) is 0.879. The number of hydrogen-bond donors (Lipinski definition) is 1. The standard InChI is InChI=1S/C16H20N2/c1-3-11(2)17-16-12-7-4-5-9-14(12)18-15-10-6-8-13(15)16/h4-5,7,9,11H,3,6,8,10H2,1-2H3,(H,17,18). The van der Waals surface area contributed by atoms with Gasteiger partial charge in [0.1, 0.15) is 0 Å². The van der Waals surface area contributed by atoms with Gasteiger partial charge in [-0.3, -0.25) is 4.98 Å². The number of pyridine rings is 1. The highest BCUT2D eigenvalue weighted by Gasteiger charge is 2.19. The molecule has 1 aliphatic rings. The van der Waals surface area contributed by atoms with E-state index in [9.17, 15) is 0 Å². The van der Waals surface area contributed by atoms with E-state index in [1.54, 1.807) is 0 Å². The van der Waals surface area contributed by atoms with Crippen LogP contribution in [-0.4, -0.2) is 11.0 Å². The van der Waals surface area contributed by atoms with Crippen molar-refractivity contribution in [2.24, 2.45) is 0 Å². The van der Waals surface area contributed by atoms with Crippen LogP contribution in [0.1, 0.15) is 37.9 Å². The van der Waals surface area contributed by atoms with Crippen molar-refractivity contribution in [2.75, 3.05) is 5.32 Å². The average molecular weight is 240 g/mol. The number of aromatic nitrogens is 1. The predicted octanol–water partition coefficient (Wildman–Crippen LogP) is 3.93. The molecule has 2 nitrogen and oxygen atoms in total. The summed E-state index contributed by atoms with van der Waals surface area (Å²) in [6, 6.07) is 9.00. The summed E-state index contributed by atoms with van der Waals surface area (Å²) >= 11 is 0. The lowest BCUT2D eigenvalue weighted by Crippen LogP contribution is -2.15. The molecule has 0 fully saturated rings. The first-order valence-corrected chi connectivity index (χ1v) is 6.96. The third-order valence-electron chi connectivity index (χ3n) is 3.92. The van der Waals surface area contributed by atoms with Gasteiger partial charge in [-0.25, -0.2) is 0 Å². The Balaban J connectivity index is 2.19. The molecule has 2 aromatic rings. The molecule has 1 heterocycles. The first-order valence-electron chi connectivity index (χ1n) is 6.96. The van der Waals surface area contributed by atoms with Gasteiger partial charge in [-0.1, -0.05) is 25.1 Å². The Labute approximate surface area is 108 Å². The Morgan fingerprint density at radius 2 is 2.11 bits per heavy atom. The fourth-order valence-corrected chi connectivity index (χ4v) is 2.72. The number of para-hydroxylation sites is 1. The van der Waals surface area contributed by atoms with Crippen molar-refractivity contribution in [3.05, 3.63) is 35.5 Å². The van der Waals surface area contributed by atoms with Gasteiger partial charge in [-0.05, 0) is 44.2 Å². The lowest BCUT2D eigenvalue weighted by molar-refractivity contribution is 0.763. The smallest absolute Gasteiger partial charge is 0.0726 e. The van der Waals surface area contributed by atoms with Gasteiger partial charge in [0.25, 0.3) is 0 Å². The van der Waals surface area contributed by atoms with Gasteiger partial charge < -0.3 is 5.32 Å². The van der Waals surface area contributed by atoms with Crippen molar-refractivity contribution in [3.63, 3.8) is 0 Å². The molecule has 1 aromatic heterocycles. The Hall–Kier alpha value is -1.57. The maximum Gasteiger partial charge on any atom is 0.0726 e. The van der Waals surface area contributed by atoms with Crippen LogP contribution in [0.15, 0.2) is 24.3 Å². The van der Waals surface area contributed by atoms with Gasteiger partial charge in [-0.2, -0.15) is 0 Å². The SMILES string of the molecule is CCC(C)Nc1c2c(nc3ccccc13)CCC2. The molecule has 1 aromatic carbocycles. The van der Waals surface area contributed by atoms with E-state index < -0.39 is 0 Å². The number of hydrogen-bond acceptors (Lipinski definition) is 2. The van der Waals surface area contributed by atoms with Gasteiger partial charge in [0.2, 0.25) is 0 Å². The topological polar surface area (TPSA) is 24.9 Å². The highest BCUT2D eigenvalue weighted by molar-refractivity contribution is 5.93. The monoisotopic (exact) mass is 240 g/mol. The van der Waals surface area contributed by atoms with Crippen molar-refractivity contribution in [3.8, 4) is 0 Å². The third kappa shape index (κ3) is 1.86. The molecule has 0 spiro atoms. The van der Waals surface area contributed by atoms with E-state index in [1.807, 2.05) is 0 Å². The number of nitrogens with one attached hydrogen (secondary N) is 1. The van der Waals surface area contributed by atoms with E-state index in [1.165, 1.54) is 35.2 Å². The normalized spacial score (nSPS) is 15.7. The van der Waals surface area contributed by atoms with Gasteiger partial charge >= 0.3 is 0 Å². The van der Waals surface area contributed by atoms with E-state index in [4.69, 9.17) is 4.98 Å². The van der Waals surface area contributed by atoms with E-state index in [2.05, 4.69) is 43.4 Å². The van der Waals surface area contributed by atoms with Gasteiger partial charge in [-0.15, -0.1) is 0 Å². The van der Waals surface area contributed by atoms with Crippen LogP contribution in [0, 0.1) is 0 Å². The summed E-state index contributed by atoms with van der Waals surface area (Å²) in [6.07, 6.45) is 4.69. The number of benzene rings is 1. The first kappa shape index (κ1) is 11.5. The molecule has 1 N–H and O–H groups in total. The second-order valence-corrected chi connectivity index (χ2v) is 5.24. The summed E-state index contributed by atoms with van der Waals surface area (Å²) in [5.41, 5.74) is 5.22. The molecule has 0 radical (unpaired) electrons. The maximum absolute atomic E-state index is 4.81. The van der Waals surface area contributed by atoms with Crippen molar-refractivity contribution in [2.45, 2.75) is 45.6 Å². The van der Waals surface area contributed by atoms with Crippen LogP contribution >= 0.6 is 0 Å². The lowest BCUT2D eigenvalue weighted by Gasteiger charge is -2.18. The van der Waals surface area contributed by atoms with E-state index >= 15 is 0 Å². The van der Waals surface area contributed by atoms with Crippen LogP contribution in [-0.2, 0) is 12.8 Å². The molecule has 0 saturated carbocycles. The van der Waals surface area contributed by atoms with Crippen LogP contribution in [0.2, 0.25) is 0 Å². The minimum Gasteiger partial charge on any atom is -0.382 e. The molecule has 1 unspecified atom stereocenters. The molecule has 0 saturated heterocycles. The van der Waals surface area contributed by atoms with Crippen LogP contribution in [0.3, 0.4) is 0 Å². The zero-order valence-electron chi connectivity index (χ0n) is 11.2. The highest BCUT2D eigenvalue weighted by atomic mass is 14.9. The van der Waals surface area contributed by atoms with Crippen LogP contribution in [0.4, 0.5) is 5.69 Å². The minimum absolute atomic E-state index is 0.514. The summed E-state index contributed by atoms with van der Waals surface area (Å²) in [5.74, 6) is 0. The lowest BCUT2D eigenvalue weighted by atomic mass is 10.1. The summed E-state index contributed by atoms with van der Waals surface area (Å²) < 4.78 is 0. The van der Waals surface area contributed by atoms with E-state index in [0.717, 1.165) is 18.4 Å². The van der Waals surface area contributed by atoms with Crippen molar-refractivity contribution in [1.29, 1.82) is 0 Å². The van der Waals surface area contributed by atoms with Gasteiger partial charge in [0.15, 0.2) is 0 Å².